The van der Waals surface area contributed by atoms with E-state index in [0.717, 1.165) is 21.9 Å². The molecule has 0 radical (unpaired) electrons. The molecule has 0 spiro atoms. The second-order valence-electron chi connectivity index (χ2n) is 5.67. The summed E-state index contributed by atoms with van der Waals surface area (Å²) in [6, 6.07) is 21.9. The maximum absolute atomic E-state index is 12.6. The second kappa shape index (κ2) is 5.53. The molecule has 0 unspecified atom stereocenters. The number of carbonyl (C=O) groups excluding carboxylic acids is 1. The fourth-order valence-corrected chi connectivity index (χ4v) is 2.52. The van der Waals surface area contributed by atoms with Crippen LogP contribution >= 0.6 is 0 Å². The van der Waals surface area contributed by atoms with Crippen LogP contribution in [0.3, 0.4) is 0 Å². The molecule has 0 aromatic heterocycles. The smallest absolute Gasteiger partial charge is 0.193 e. The first-order valence-corrected chi connectivity index (χ1v) is 7.28. The van der Waals surface area contributed by atoms with Crippen LogP contribution in [0.4, 0.5) is 0 Å². The number of hydrogen-bond acceptors (Lipinski definition) is 1. The van der Waals surface area contributed by atoms with Crippen molar-refractivity contribution in [1.29, 1.82) is 0 Å². The van der Waals surface area contributed by atoms with Crippen molar-refractivity contribution in [1.82, 2.24) is 0 Å². The van der Waals surface area contributed by atoms with Gasteiger partial charge >= 0.3 is 0 Å². The van der Waals surface area contributed by atoms with Crippen molar-refractivity contribution in [3.8, 4) is 0 Å². The van der Waals surface area contributed by atoms with Crippen LogP contribution in [0.5, 0.6) is 0 Å². The Hall–Kier alpha value is -2.41. The molecule has 3 aromatic carbocycles. The Balaban J connectivity index is 1.95. The highest BCUT2D eigenvalue weighted by Gasteiger charge is 2.10. The molecule has 1 nitrogen and oxygen atoms in total. The Morgan fingerprint density at radius 1 is 0.762 bits per heavy atom. The molecule has 3 rings (SSSR count). The summed E-state index contributed by atoms with van der Waals surface area (Å²) in [7, 11) is 0. The third kappa shape index (κ3) is 2.73. The first-order valence-electron chi connectivity index (χ1n) is 7.28. The highest BCUT2D eigenvalue weighted by atomic mass is 16.1. The Kier molecular flexibility index (Phi) is 3.57. The highest BCUT2D eigenvalue weighted by molar-refractivity contribution is 6.10. The number of carbonyl (C=O) groups is 1. The van der Waals surface area contributed by atoms with Gasteiger partial charge in [0.15, 0.2) is 5.78 Å². The van der Waals surface area contributed by atoms with Gasteiger partial charge in [-0.3, -0.25) is 4.79 Å². The standard InChI is InChI=1S/C20H18O/c1-14(2)15-7-10-17(11-8-15)20(21)19-12-9-16-5-3-4-6-18(16)13-19/h3-14H,1-2H3. The van der Waals surface area contributed by atoms with E-state index in [1.54, 1.807) is 0 Å². The van der Waals surface area contributed by atoms with Gasteiger partial charge in [0.05, 0.1) is 0 Å². The monoisotopic (exact) mass is 274 g/mol. The van der Waals surface area contributed by atoms with Gasteiger partial charge in [0.1, 0.15) is 0 Å². The first-order chi connectivity index (χ1) is 10.1. The zero-order chi connectivity index (χ0) is 14.8. The van der Waals surface area contributed by atoms with Crippen molar-refractivity contribution in [3.63, 3.8) is 0 Å². The van der Waals surface area contributed by atoms with Gasteiger partial charge in [0.25, 0.3) is 0 Å². The van der Waals surface area contributed by atoms with Crippen molar-refractivity contribution in [3.05, 3.63) is 83.4 Å². The molecule has 0 saturated carbocycles. The molecule has 0 amide bonds. The quantitative estimate of drug-likeness (QED) is 0.600. The maximum Gasteiger partial charge on any atom is 0.193 e. The fraction of sp³-hybridized carbons (Fsp3) is 0.150. The van der Waals surface area contributed by atoms with E-state index in [9.17, 15) is 4.79 Å². The van der Waals surface area contributed by atoms with Crippen LogP contribution in [0.2, 0.25) is 0 Å². The summed E-state index contributed by atoms with van der Waals surface area (Å²) in [5.41, 5.74) is 2.74. The van der Waals surface area contributed by atoms with Crippen molar-refractivity contribution in [2.45, 2.75) is 19.8 Å². The average molecular weight is 274 g/mol. The molecule has 21 heavy (non-hydrogen) atoms. The van der Waals surface area contributed by atoms with Gasteiger partial charge in [-0.1, -0.05) is 74.5 Å². The molecule has 0 aliphatic rings. The molecule has 1 heteroatoms. The zero-order valence-electron chi connectivity index (χ0n) is 12.3. The lowest BCUT2D eigenvalue weighted by molar-refractivity contribution is 0.103. The summed E-state index contributed by atoms with van der Waals surface area (Å²) in [5.74, 6) is 0.561. The van der Waals surface area contributed by atoms with E-state index in [1.807, 2.05) is 60.7 Å². The minimum absolute atomic E-state index is 0.0797. The second-order valence-corrected chi connectivity index (χ2v) is 5.67. The van der Waals surface area contributed by atoms with Crippen LogP contribution in [-0.4, -0.2) is 5.78 Å². The molecule has 0 N–H and O–H groups in total. The summed E-state index contributed by atoms with van der Waals surface area (Å²) < 4.78 is 0. The maximum atomic E-state index is 12.6. The van der Waals surface area contributed by atoms with Gasteiger partial charge < -0.3 is 0 Å². The van der Waals surface area contributed by atoms with Crippen LogP contribution in [0.15, 0.2) is 66.7 Å². The predicted octanol–water partition coefficient (Wildman–Crippen LogP) is 5.19. The predicted molar refractivity (Wildman–Crippen MR) is 87.9 cm³/mol. The Labute approximate surface area is 125 Å². The van der Waals surface area contributed by atoms with Gasteiger partial charge in [-0.15, -0.1) is 0 Å². The van der Waals surface area contributed by atoms with Crippen molar-refractivity contribution >= 4 is 16.6 Å². The Morgan fingerprint density at radius 2 is 1.38 bits per heavy atom. The molecule has 0 fully saturated rings. The number of fused-ring (bicyclic) bond motifs is 1. The van der Waals surface area contributed by atoms with E-state index in [2.05, 4.69) is 19.9 Å². The number of hydrogen-bond donors (Lipinski definition) is 0. The Morgan fingerprint density at radius 3 is 2.05 bits per heavy atom. The molecule has 104 valence electrons. The topological polar surface area (TPSA) is 17.1 Å². The Bertz CT molecular complexity index is 782. The largest absolute Gasteiger partial charge is 0.289 e. The first kappa shape index (κ1) is 13.6. The molecule has 3 aromatic rings. The molecule has 0 saturated heterocycles. The lowest BCUT2D eigenvalue weighted by atomic mass is 9.97. The van der Waals surface area contributed by atoms with Gasteiger partial charge in [-0.05, 0) is 28.3 Å². The molecule has 0 aliphatic carbocycles. The summed E-state index contributed by atoms with van der Waals surface area (Å²) in [6.45, 7) is 4.31. The van der Waals surface area contributed by atoms with Crippen molar-refractivity contribution < 1.29 is 4.79 Å². The third-order valence-electron chi connectivity index (χ3n) is 3.85. The van der Waals surface area contributed by atoms with E-state index >= 15 is 0 Å². The fourth-order valence-electron chi connectivity index (χ4n) is 2.52. The number of ketones is 1. The van der Waals surface area contributed by atoms with E-state index < -0.39 is 0 Å². The normalized spacial score (nSPS) is 11.0. The van der Waals surface area contributed by atoms with Crippen molar-refractivity contribution in [2.75, 3.05) is 0 Å². The van der Waals surface area contributed by atoms with Crippen LogP contribution in [0.1, 0.15) is 41.3 Å². The van der Waals surface area contributed by atoms with Gasteiger partial charge in [0.2, 0.25) is 0 Å². The molecule has 0 bridgehead atoms. The van der Waals surface area contributed by atoms with E-state index in [4.69, 9.17) is 0 Å². The summed E-state index contributed by atoms with van der Waals surface area (Å²) in [6.07, 6.45) is 0. The molecular formula is C20H18O. The number of benzene rings is 3. The minimum Gasteiger partial charge on any atom is -0.289 e. The van der Waals surface area contributed by atoms with E-state index in [-0.39, 0.29) is 5.78 Å². The van der Waals surface area contributed by atoms with Crippen LogP contribution in [0, 0.1) is 0 Å². The molecular weight excluding hydrogens is 256 g/mol. The van der Waals surface area contributed by atoms with Gasteiger partial charge in [0, 0.05) is 11.1 Å². The van der Waals surface area contributed by atoms with Crippen LogP contribution in [0.25, 0.3) is 10.8 Å². The number of rotatable bonds is 3. The summed E-state index contributed by atoms with van der Waals surface area (Å²) >= 11 is 0. The van der Waals surface area contributed by atoms with Crippen LogP contribution in [-0.2, 0) is 0 Å². The van der Waals surface area contributed by atoms with Crippen molar-refractivity contribution in [2.24, 2.45) is 0 Å². The summed E-state index contributed by atoms with van der Waals surface area (Å²) in [4.78, 5) is 12.6. The SMILES string of the molecule is CC(C)c1ccc(C(=O)c2ccc3ccccc3c2)cc1. The van der Waals surface area contributed by atoms with E-state index in [0.29, 0.717) is 5.92 Å². The summed E-state index contributed by atoms with van der Waals surface area (Å²) in [5, 5.41) is 2.26. The van der Waals surface area contributed by atoms with E-state index in [1.165, 1.54) is 5.56 Å². The third-order valence-corrected chi connectivity index (χ3v) is 3.85. The highest BCUT2D eigenvalue weighted by Crippen LogP contribution is 2.20. The van der Waals surface area contributed by atoms with Gasteiger partial charge in [-0.25, -0.2) is 0 Å². The average Bonchev–Trinajstić information content (AvgIpc) is 2.54. The van der Waals surface area contributed by atoms with Crippen LogP contribution < -0.4 is 0 Å². The lowest BCUT2D eigenvalue weighted by Gasteiger charge is -2.07. The molecule has 0 heterocycles. The minimum atomic E-state index is 0.0797. The molecule has 0 aliphatic heterocycles. The lowest BCUT2D eigenvalue weighted by Crippen LogP contribution is -2.01. The zero-order valence-corrected chi connectivity index (χ0v) is 12.3. The van der Waals surface area contributed by atoms with Gasteiger partial charge in [-0.2, -0.15) is 0 Å². The molecule has 0 atom stereocenters.